The average molecular weight is 382 g/mol. The molecule has 5 nitrogen and oxygen atoms in total. The zero-order chi connectivity index (χ0) is 19.2. The topological polar surface area (TPSA) is 57.5 Å². The van der Waals surface area contributed by atoms with Crippen molar-refractivity contribution in [2.24, 2.45) is 0 Å². The summed E-state index contributed by atoms with van der Waals surface area (Å²) in [6.45, 7) is 7.27. The molecule has 0 aliphatic heterocycles. The van der Waals surface area contributed by atoms with Crippen molar-refractivity contribution in [2.75, 3.05) is 18.4 Å². The number of thiocarbonyl (C=S) groups is 1. The molecule has 1 aromatic heterocycles. The number of anilines is 1. The maximum atomic E-state index is 12.3. The van der Waals surface area contributed by atoms with Crippen molar-refractivity contribution in [2.45, 2.75) is 20.4 Å². The number of rotatable bonds is 6. The molecule has 0 radical (unpaired) electrons. The average Bonchev–Trinajstić information content (AvgIpc) is 3.12. The van der Waals surface area contributed by atoms with E-state index in [2.05, 4.69) is 41.5 Å². The third-order valence-corrected chi connectivity index (χ3v) is 4.59. The van der Waals surface area contributed by atoms with Crippen LogP contribution in [0, 0.1) is 0 Å². The van der Waals surface area contributed by atoms with E-state index in [4.69, 9.17) is 16.6 Å². The van der Waals surface area contributed by atoms with Crippen LogP contribution in [0.1, 0.15) is 30.0 Å². The summed E-state index contributed by atoms with van der Waals surface area (Å²) in [7, 11) is 0. The van der Waals surface area contributed by atoms with Gasteiger partial charge in [0, 0.05) is 17.6 Å². The molecular formula is C21H23N3O2S. The van der Waals surface area contributed by atoms with Gasteiger partial charge in [-0.1, -0.05) is 44.2 Å². The second-order valence-corrected chi connectivity index (χ2v) is 6.62. The molecule has 0 saturated heterocycles. The lowest BCUT2D eigenvalue weighted by Crippen LogP contribution is -2.33. The molecule has 0 atom stereocenters. The van der Waals surface area contributed by atoms with Crippen molar-refractivity contribution >= 4 is 39.9 Å². The fourth-order valence-electron chi connectivity index (χ4n) is 2.82. The van der Waals surface area contributed by atoms with E-state index in [-0.39, 0.29) is 16.8 Å². The highest BCUT2D eigenvalue weighted by Gasteiger charge is 2.13. The van der Waals surface area contributed by atoms with Gasteiger partial charge in [-0.3, -0.25) is 15.0 Å². The van der Waals surface area contributed by atoms with Gasteiger partial charge in [0.25, 0.3) is 5.91 Å². The Labute approximate surface area is 164 Å². The van der Waals surface area contributed by atoms with E-state index in [0.29, 0.717) is 5.58 Å². The minimum atomic E-state index is -0.373. The molecule has 3 rings (SSSR count). The summed E-state index contributed by atoms with van der Waals surface area (Å²) in [5.74, 6) is -0.142. The highest BCUT2D eigenvalue weighted by atomic mass is 32.1. The highest BCUT2D eigenvalue weighted by Crippen LogP contribution is 2.18. The molecule has 3 aromatic rings. The van der Waals surface area contributed by atoms with Crippen LogP contribution in [0.5, 0.6) is 0 Å². The molecule has 0 saturated carbocycles. The van der Waals surface area contributed by atoms with Crippen LogP contribution in [0.25, 0.3) is 11.0 Å². The second kappa shape index (κ2) is 8.79. The monoisotopic (exact) mass is 381 g/mol. The van der Waals surface area contributed by atoms with Crippen molar-refractivity contribution in [3.05, 3.63) is 65.9 Å². The van der Waals surface area contributed by atoms with E-state index in [1.54, 1.807) is 6.07 Å². The molecule has 1 amide bonds. The van der Waals surface area contributed by atoms with Crippen molar-refractivity contribution in [3.63, 3.8) is 0 Å². The number of para-hydroxylation sites is 1. The van der Waals surface area contributed by atoms with Crippen molar-refractivity contribution in [1.82, 2.24) is 10.2 Å². The molecule has 0 aliphatic rings. The number of carbonyl (C=O) groups excluding carboxylic acids is 1. The maximum absolute atomic E-state index is 12.3. The first kappa shape index (κ1) is 19.1. The smallest absolute Gasteiger partial charge is 0.293 e. The van der Waals surface area contributed by atoms with Crippen LogP contribution in [0.4, 0.5) is 5.69 Å². The van der Waals surface area contributed by atoms with Crippen LogP contribution in [0.2, 0.25) is 0 Å². The fourth-order valence-corrected chi connectivity index (χ4v) is 3.03. The third kappa shape index (κ3) is 4.93. The van der Waals surface area contributed by atoms with Gasteiger partial charge in [-0.25, -0.2) is 0 Å². The molecule has 2 N–H and O–H groups in total. The van der Waals surface area contributed by atoms with E-state index in [1.807, 2.05) is 36.4 Å². The minimum Gasteiger partial charge on any atom is -0.451 e. The number of nitrogens with zero attached hydrogens (tertiary/aromatic N) is 1. The van der Waals surface area contributed by atoms with Crippen LogP contribution in [0.15, 0.2) is 59.0 Å². The zero-order valence-electron chi connectivity index (χ0n) is 15.5. The zero-order valence-corrected chi connectivity index (χ0v) is 16.3. The van der Waals surface area contributed by atoms with Gasteiger partial charge in [-0.2, -0.15) is 0 Å². The molecule has 27 heavy (non-hydrogen) atoms. The van der Waals surface area contributed by atoms with Gasteiger partial charge in [0.1, 0.15) is 5.58 Å². The van der Waals surface area contributed by atoms with Gasteiger partial charge in [0.15, 0.2) is 10.9 Å². The SMILES string of the molecule is CCN(CC)Cc1ccc(NC(=S)NC(=O)c2cc3ccccc3o2)cc1. The standard InChI is InChI=1S/C21H23N3O2S/c1-3-24(4-2)14-15-9-11-17(12-10-15)22-21(27)23-20(25)19-13-16-7-5-6-8-18(16)26-19/h5-13H,3-4,14H2,1-2H3,(H2,22,23,25,27). The second-order valence-electron chi connectivity index (χ2n) is 6.22. The quantitative estimate of drug-likeness (QED) is 0.620. The molecule has 0 fully saturated rings. The molecule has 0 aliphatic carbocycles. The molecule has 6 heteroatoms. The Balaban J connectivity index is 1.57. The Morgan fingerprint density at radius 3 is 2.44 bits per heavy atom. The highest BCUT2D eigenvalue weighted by molar-refractivity contribution is 7.80. The normalized spacial score (nSPS) is 10.9. The van der Waals surface area contributed by atoms with Crippen LogP contribution in [0.3, 0.4) is 0 Å². The van der Waals surface area contributed by atoms with Crippen molar-refractivity contribution in [3.8, 4) is 0 Å². The molecule has 0 unspecified atom stereocenters. The van der Waals surface area contributed by atoms with Crippen LogP contribution >= 0.6 is 12.2 Å². The van der Waals surface area contributed by atoms with Gasteiger partial charge in [0.2, 0.25) is 0 Å². The third-order valence-electron chi connectivity index (χ3n) is 4.39. The minimum absolute atomic E-state index is 0.231. The molecule has 2 aromatic carbocycles. The van der Waals surface area contributed by atoms with Crippen LogP contribution in [-0.2, 0) is 6.54 Å². The first-order valence-electron chi connectivity index (χ1n) is 9.01. The maximum Gasteiger partial charge on any atom is 0.293 e. The van der Waals surface area contributed by atoms with E-state index >= 15 is 0 Å². The number of carbonyl (C=O) groups is 1. The number of fused-ring (bicyclic) bond motifs is 1. The van der Waals surface area contributed by atoms with Crippen LogP contribution in [-0.4, -0.2) is 29.0 Å². The number of nitrogens with one attached hydrogen (secondary N) is 2. The van der Waals surface area contributed by atoms with E-state index in [1.165, 1.54) is 5.56 Å². The Kier molecular flexibility index (Phi) is 6.21. The Morgan fingerprint density at radius 2 is 1.78 bits per heavy atom. The Bertz CT molecular complexity index is 897. The van der Waals surface area contributed by atoms with Crippen LogP contribution < -0.4 is 10.6 Å². The van der Waals surface area contributed by atoms with E-state index < -0.39 is 0 Å². The van der Waals surface area contributed by atoms with Gasteiger partial charge in [0.05, 0.1) is 0 Å². The molecule has 0 bridgehead atoms. The number of hydrogen-bond donors (Lipinski definition) is 2. The van der Waals surface area contributed by atoms with Crippen molar-refractivity contribution in [1.29, 1.82) is 0 Å². The van der Waals surface area contributed by atoms with E-state index in [0.717, 1.165) is 30.7 Å². The lowest BCUT2D eigenvalue weighted by Gasteiger charge is -2.18. The molecule has 140 valence electrons. The Hall–Kier alpha value is -2.70. The van der Waals surface area contributed by atoms with Gasteiger partial charge < -0.3 is 9.73 Å². The summed E-state index contributed by atoms with van der Waals surface area (Å²) in [6, 6.07) is 17.2. The fraction of sp³-hybridized carbons (Fsp3) is 0.238. The number of hydrogen-bond acceptors (Lipinski definition) is 4. The number of furan rings is 1. The number of amides is 1. The largest absolute Gasteiger partial charge is 0.451 e. The lowest BCUT2D eigenvalue weighted by molar-refractivity contribution is 0.0953. The lowest BCUT2D eigenvalue weighted by atomic mass is 10.2. The summed E-state index contributed by atoms with van der Waals surface area (Å²) in [4.78, 5) is 14.7. The summed E-state index contributed by atoms with van der Waals surface area (Å²) >= 11 is 5.24. The van der Waals surface area contributed by atoms with Crippen molar-refractivity contribution < 1.29 is 9.21 Å². The van der Waals surface area contributed by atoms with E-state index in [9.17, 15) is 4.79 Å². The molecular weight excluding hydrogens is 358 g/mol. The predicted octanol–water partition coefficient (Wildman–Crippen LogP) is 4.40. The summed E-state index contributed by atoms with van der Waals surface area (Å²) < 4.78 is 5.55. The summed E-state index contributed by atoms with van der Waals surface area (Å²) in [6.07, 6.45) is 0. The summed E-state index contributed by atoms with van der Waals surface area (Å²) in [5, 5.41) is 6.79. The molecule has 0 spiro atoms. The predicted molar refractivity (Wildman–Crippen MR) is 113 cm³/mol. The van der Waals surface area contributed by atoms with Gasteiger partial charge >= 0.3 is 0 Å². The van der Waals surface area contributed by atoms with Gasteiger partial charge in [-0.05, 0) is 55.1 Å². The number of benzene rings is 2. The van der Waals surface area contributed by atoms with Gasteiger partial charge in [-0.15, -0.1) is 0 Å². The first-order valence-corrected chi connectivity index (χ1v) is 9.42. The summed E-state index contributed by atoms with van der Waals surface area (Å²) in [5.41, 5.74) is 2.74. The molecule has 1 heterocycles. The Morgan fingerprint density at radius 1 is 1.07 bits per heavy atom. The first-order chi connectivity index (χ1) is 13.1.